The van der Waals surface area contributed by atoms with Crippen LogP contribution in [0.3, 0.4) is 0 Å². The number of halogens is 1. The van der Waals surface area contributed by atoms with Crippen LogP contribution in [0.25, 0.3) is 0 Å². The Balaban J connectivity index is 1.88. The van der Waals surface area contributed by atoms with Crippen LogP contribution in [-0.2, 0) is 0 Å². The molecule has 0 spiro atoms. The van der Waals surface area contributed by atoms with E-state index in [9.17, 15) is 4.39 Å². The molecular formula is C15H23FN2. The number of nitrogens with one attached hydrogen (secondary N) is 1. The van der Waals surface area contributed by atoms with E-state index in [0.29, 0.717) is 12.1 Å². The zero-order valence-corrected chi connectivity index (χ0v) is 11.5. The van der Waals surface area contributed by atoms with Crippen LogP contribution in [0, 0.1) is 5.82 Å². The molecule has 0 bridgehead atoms. The molecule has 2 atom stereocenters. The van der Waals surface area contributed by atoms with Crippen molar-refractivity contribution in [3.63, 3.8) is 0 Å². The van der Waals surface area contributed by atoms with E-state index in [2.05, 4.69) is 31.0 Å². The Kier molecular flexibility index (Phi) is 4.36. The Bertz CT molecular complexity index is 375. The van der Waals surface area contributed by atoms with Crippen molar-refractivity contribution in [1.29, 1.82) is 0 Å². The van der Waals surface area contributed by atoms with Gasteiger partial charge in [0.05, 0.1) is 0 Å². The summed E-state index contributed by atoms with van der Waals surface area (Å²) in [4.78, 5) is 2.50. The molecule has 0 radical (unpaired) electrons. The Morgan fingerprint density at radius 3 is 2.44 bits per heavy atom. The van der Waals surface area contributed by atoms with Crippen molar-refractivity contribution in [2.24, 2.45) is 0 Å². The third-order valence-electron chi connectivity index (χ3n) is 3.81. The van der Waals surface area contributed by atoms with Crippen LogP contribution in [0.4, 0.5) is 4.39 Å². The number of rotatable bonds is 4. The van der Waals surface area contributed by atoms with Crippen LogP contribution in [0.1, 0.15) is 38.8 Å². The van der Waals surface area contributed by atoms with Crippen LogP contribution in [-0.4, -0.2) is 30.1 Å². The van der Waals surface area contributed by atoms with Gasteiger partial charge in [-0.25, -0.2) is 4.39 Å². The van der Waals surface area contributed by atoms with Gasteiger partial charge in [-0.3, -0.25) is 4.90 Å². The minimum Gasteiger partial charge on any atom is -0.306 e. The molecule has 1 aliphatic heterocycles. The average molecular weight is 250 g/mol. The molecule has 1 aromatic rings. The van der Waals surface area contributed by atoms with Gasteiger partial charge < -0.3 is 5.32 Å². The van der Waals surface area contributed by atoms with E-state index in [0.717, 1.165) is 12.1 Å². The second-order valence-electron chi connectivity index (χ2n) is 5.51. The van der Waals surface area contributed by atoms with Crippen LogP contribution in [0.5, 0.6) is 0 Å². The zero-order chi connectivity index (χ0) is 13.1. The molecule has 3 heteroatoms. The van der Waals surface area contributed by atoms with E-state index in [-0.39, 0.29) is 11.9 Å². The quantitative estimate of drug-likeness (QED) is 0.884. The highest BCUT2D eigenvalue weighted by Crippen LogP contribution is 2.18. The smallest absolute Gasteiger partial charge is 0.123 e. The molecule has 1 fully saturated rings. The summed E-state index contributed by atoms with van der Waals surface area (Å²) in [7, 11) is 0. The maximum atomic E-state index is 12.9. The van der Waals surface area contributed by atoms with E-state index in [1.54, 1.807) is 0 Å². The molecule has 1 aliphatic rings. The molecule has 1 heterocycles. The van der Waals surface area contributed by atoms with Crippen molar-refractivity contribution in [2.75, 3.05) is 13.1 Å². The van der Waals surface area contributed by atoms with Crippen LogP contribution in [0.2, 0.25) is 0 Å². The van der Waals surface area contributed by atoms with Crippen LogP contribution in [0.15, 0.2) is 24.3 Å². The first kappa shape index (κ1) is 13.5. The monoisotopic (exact) mass is 250 g/mol. The Labute approximate surface area is 109 Å². The minimum absolute atomic E-state index is 0.169. The lowest BCUT2D eigenvalue weighted by Crippen LogP contribution is -2.36. The first-order valence-electron chi connectivity index (χ1n) is 6.82. The summed E-state index contributed by atoms with van der Waals surface area (Å²) in [5.41, 5.74) is 1.15. The van der Waals surface area contributed by atoms with Gasteiger partial charge in [-0.2, -0.15) is 0 Å². The van der Waals surface area contributed by atoms with Gasteiger partial charge >= 0.3 is 0 Å². The second kappa shape index (κ2) is 5.81. The fraction of sp³-hybridized carbons (Fsp3) is 0.600. The van der Waals surface area contributed by atoms with Crippen LogP contribution >= 0.6 is 0 Å². The number of likely N-dealkylation sites (tertiary alicyclic amines) is 1. The summed E-state index contributed by atoms with van der Waals surface area (Å²) >= 11 is 0. The summed E-state index contributed by atoms with van der Waals surface area (Å²) in [6.07, 6.45) is 1.20. The second-order valence-corrected chi connectivity index (χ2v) is 5.51. The molecule has 0 saturated carbocycles. The molecule has 0 aromatic heterocycles. The lowest BCUT2D eigenvalue weighted by Gasteiger charge is -2.22. The molecule has 1 saturated heterocycles. The molecule has 1 N–H and O–H groups in total. The maximum Gasteiger partial charge on any atom is 0.123 e. The maximum absolute atomic E-state index is 12.9. The SMILES string of the molecule is CC(C)N1CCC(N[C@H](C)c2ccc(F)cc2)C1. The molecule has 2 nitrogen and oxygen atoms in total. The predicted octanol–water partition coefficient (Wildman–Crippen LogP) is 2.96. The molecular weight excluding hydrogens is 227 g/mol. The first-order chi connectivity index (χ1) is 8.56. The van der Waals surface area contributed by atoms with Gasteiger partial charge in [-0.05, 0) is 51.4 Å². The average Bonchev–Trinajstić information content (AvgIpc) is 2.78. The van der Waals surface area contributed by atoms with E-state index in [4.69, 9.17) is 0 Å². The highest BCUT2D eigenvalue weighted by Gasteiger charge is 2.25. The highest BCUT2D eigenvalue weighted by atomic mass is 19.1. The number of hydrogen-bond acceptors (Lipinski definition) is 2. The summed E-state index contributed by atoms with van der Waals surface area (Å²) in [6, 6.07) is 8.24. The fourth-order valence-electron chi connectivity index (χ4n) is 2.59. The summed E-state index contributed by atoms with van der Waals surface area (Å²) in [5.74, 6) is -0.169. The Hall–Kier alpha value is -0.930. The van der Waals surface area contributed by atoms with E-state index >= 15 is 0 Å². The fourth-order valence-corrected chi connectivity index (χ4v) is 2.59. The van der Waals surface area contributed by atoms with Crippen molar-refractivity contribution in [1.82, 2.24) is 10.2 Å². The van der Waals surface area contributed by atoms with Crippen molar-refractivity contribution in [3.05, 3.63) is 35.6 Å². The third-order valence-corrected chi connectivity index (χ3v) is 3.81. The molecule has 2 rings (SSSR count). The largest absolute Gasteiger partial charge is 0.306 e. The zero-order valence-electron chi connectivity index (χ0n) is 11.5. The van der Waals surface area contributed by atoms with Gasteiger partial charge in [0, 0.05) is 24.7 Å². The first-order valence-corrected chi connectivity index (χ1v) is 6.82. The van der Waals surface area contributed by atoms with Gasteiger partial charge in [0.15, 0.2) is 0 Å². The van der Waals surface area contributed by atoms with Crippen molar-refractivity contribution in [2.45, 2.75) is 45.3 Å². The minimum atomic E-state index is -0.169. The topological polar surface area (TPSA) is 15.3 Å². The lowest BCUT2D eigenvalue weighted by molar-refractivity contribution is 0.266. The predicted molar refractivity (Wildman–Crippen MR) is 73.1 cm³/mol. The highest BCUT2D eigenvalue weighted by molar-refractivity contribution is 5.19. The number of benzene rings is 1. The third kappa shape index (κ3) is 3.30. The normalized spacial score (nSPS) is 22.6. The lowest BCUT2D eigenvalue weighted by atomic mass is 10.1. The van der Waals surface area contributed by atoms with E-state index in [1.165, 1.54) is 25.1 Å². The summed E-state index contributed by atoms with van der Waals surface area (Å²) in [6.45, 7) is 8.91. The molecule has 18 heavy (non-hydrogen) atoms. The Morgan fingerprint density at radius 1 is 1.22 bits per heavy atom. The van der Waals surface area contributed by atoms with E-state index in [1.807, 2.05) is 12.1 Å². The van der Waals surface area contributed by atoms with E-state index < -0.39 is 0 Å². The van der Waals surface area contributed by atoms with Gasteiger partial charge in [0.1, 0.15) is 5.82 Å². The van der Waals surface area contributed by atoms with Gasteiger partial charge in [-0.1, -0.05) is 12.1 Å². The van der Waals surface area contributed by atoms with Gasteiger partial charge in [0.2, 0.25) is 0 Å². The molecule has 0 amide bonds. The van der Waals surface area contributed by atoms with Crippen molar-refractivity contribution < 1.29 is 4.39 Å². The Morgan fingerprint density at radius 2 is 1.89 bits per heavy atom. The number of nitrogens with zero attached hydrogens (tertiary/aromatic N) is 1. The van der Waals surface area contributed by atoms with Gasteiger partial charge in [0.25, 0.3) is 0 Å². The summed E-state index contributed by atoms with van der Waals surface area (Å²) < 4.78 is 12.9. The van der Waals surface area contributed by atoms with Gasteiger partial charge in [-0.15, -0.1) is 0 Å². The molecule has 100 valence electrons. The molecule has 0 aliphatic carbocycles. The summed E-state index contributed by atoms with van der Waals surface area (Å²) in [5, 5.41) is 3.64. The van der Waals surface area contributed by atoms with Crippen molar-refractivity contribution >= 4 is 0 Å². The standard InChI is InChI=1S/C15H23FN2/c1-11(2)18-9-8-15(10-18)17-12(3)13-4-6-14(16)7-5-13/h4-7,11-12,15,17H,8-10H2,1-3H3/t12-,15?/m1/s1. The molecule has 1 aromatic carbocycles. The van der Waals surface area contributed by atoms with Crippen molar-refractivity contribution in [3.8, 4) is 0 Å². The van der Waals surface area contributed by atoms with Crippen LogP contribution < -0.4 is 5.32 Å². The number of hydrogen-bond donors (Lipinski definition) is 1. The molecule has 1 unspecified atom stereocenters.